The van der Waals surface area contributed by atoms with E-state index in [-0.39, 0.29) is 36.0 Å². The van der Waals surface area contributed by atoms with Crippen molar-refractivity contribution >= 4 is 41.0 Å². The van der Waals surface area contributed by atoms with Crippen LogP contribution in [0.15, 0.2) is 66.7 Å². The molecule has 1 aliphatic heterocycles. The second-order valence-electron chi connectivity index (χ2n) is 11.6. The second kappa shape index (κ2) is 10.5. The van der Waals surface area contributed by atoms with Gasteiger partial charge in [0.25, 0.3) is 5.91 Å². The van der Waals surface area contributed by atoms with Crippen molar-refractivity contribution in [2.45, 2.75) is 45.1 Å². The number of imide groups is 1. The minimum Gasteiger partial charge on any atom is -0.454 e. The van der Waals surface area contributed by atoms with Crippen LogP contribution >= 0.6 is 11.6 Å². The Bertz CT molecular complexity index is 1470. The fraction of sp³-hybridized carbons (Fsp3) is 0.333. The number of halogens is 1. The molecule has 3 amide bonds. The molecule has 2 bridgehead atoms. The Balaban J connectivity index is 1.26. The van der Waals surface area contributed by atoms with Crippen LogP contribution in [0.5, 0.6) is 0 Å². The molecule has 0 saturated carbocycles. The summed E-state index contributed by atoms with van der Waals surface area (Å²) in [7, 11) is 0. The molecule has 1 saturated heterocycles. The van der Waals surface area contributed by atoms with Crippen LogP contribution in [0.4, 0.5) is 5.69 Å². The Labute approximate surface area is 243 Å². The van der Waals surface area contributed by atoms with Crippen molar-refractivity contribution in [2.75, 3.05) is 11.9 Å². The van der Waals surface area contributed by atoms with Crippen LogP contribution in [0.3, 0.4) is 0 Å². The number of hydrogen-bond acceptors (Lipinski definition) is 5. The number of amides is 3. The zero-order chi connectivity index (χ0) is 29.0. The molecule has 41 heavy (non-hydrogen) atoms. The lowest BCUT2D eigenvalue weighted by Gasteiger charge is -2.45. The molecule has 4 aliphatic rings. The van der Waals surface area contributed by atoms with E-state index in [4.69, 9.17) is 16.3 Å². The summed E-state index contributed by atoms with van der Waals surface area (Å²) in [6.45, 7) is 5.14. The van der Waals surface area contributed by atoms with Crippen molar-refractivity contribution in [1.82, 2.24) is 4.90 Å². The Kier molecular flexibility index (Phi) is 6.94. The van der Waals surface area contributed by atoms with Crippen molar-refractivity contribution < 1.29 is 23.9 Å². The van der Waals surface area contributed by atoms with Gasteiger partial charge in [-0.1, -0.05) is 80.0 Å². The number of esters is 1. The number of carbonyl (C=O) groups excluding carboxylic acids is 4. The molecular formula is C33H31ClN2O5. The Morgan fingerprint density at radius 2 is 1.39 bits per heavy atom. The Hall–Kier alpha value is -3.97. The lowest BCUT2D eigenvalue weighted by molar-refractivity contribution is -0.160. The van der Waals surface area contributed by atoms with Crippen LogP contribution in [-0.4, -0.2) is 41.2 Å². The van der Waals surface area contributed by atoms with E-state index in [1.54, 1.807) is 18.2 Å². The highest BCUT2D eigenvalue weighted by atomic mass is 35.5. The minimum atomic E-state index is -1.12. The first kappa shape index (κ1) is 27.2. The van der Waals surface area contributed by atoms with E-state index in [1.165, 1.54) is 0 Å². The van der Waals surface area contributed by atoms with Gasteiger partial charge in [-0.05, 0) is 59.2 Å². The largest absolute Gasteiger partial charge is 0.454 e. The normalized spacial score (nSPS) is 22.7. The van der Waals surface area contributed by atoms with Crippen molar-refractivity contribution in [3.05, 3.63) is 99.6 Å². The SMILES string of the molecule is Cc1ccc(NC(=O)COC(=O)[C@@H](CC(C)C)N2C(=O)[C@@H]3C4c5ccccc5C(c5ccccc54)[C@@H]3C2=O)cc1Cl. The molecule has 210 valence electrons. The predicted octanol–water partition coefficient (Wildman–Crippen LogP) is 5.44. The van der Waals surface area contributed by atoms with Crippen molar-refractivity contribution in [1.29, 1.82) is 0 Å². The van der Waals surface area contributed by atoms with Crippen molar-refractivity contribution in [3.63, 3.8) is 0 Å². The number of anilines is 1. The van der Waals surface area contributed by atoms with E-state index in [2.05, 4.69) is 5.32 Å². The Morgan fingerprint density at radius 1 is 0.878 bits per heavy atom. The van der Waals surface area contributed by atoms with Crippen LogP contribution in [-0.2, 0) is 23.9 Å². The number of ether oxygens (including phenoxy) is 1. The molecule has 7 rings (SSSR count). The summed E-state index contributed by atoms with van der Waals surface area (Å²) in [6, 6.07) is 20.0. The van der Waals surface area contributed by atoms with E-state index in [1.807, 2.05) is 69.3 Å². The van der Waals surface area contributed by atoms with Gasteiger partial charge in [-0.2, -0.15) is 0 Å². The van der Waals surface area contributed by atoms with E-state index < -0.39 is 36.4 Å². The maximum absolute atomic E-state index is 14.1. The van der Waals surface area contributed by atoms with Crippen LogP contribution in [0, 0.1) is 24.7 Å². The fourth-order valence-electron chi connectivity index (χ4n) is 6.86. The summed E-state index contributed by atoms with van der Waals surface area (Å²) in [5.74, 6) is -3.71. The molecule has 3 atom stereocenters. The highest BCUT2D eigenvalue weighted by Gasteiger charge is 2.63. The molecule has 0 aromatic heterocycles. The van der Waals surface area contributed by atoms with Gasteiger partial charge in [-0.15, -0.1) is 0 Å². The molecule has 3 aromatic rings. The van der Waals surface area contributed by atoms with E-state index >= 15 is 0 Å². The molecule has 0 radical (unpaired) electrons. The van der Waals surface area contributed by atoms with Gasteiger partial charge < -0.3 is 10.1 Å². The number of aryl methyl sites for hydroxylation is 1. The first-order chi connectivity index (χ1) is 19.7. The highest BCUT2D eigenvalue weighted by Crippen LogP contribution is 2.61. The Morgan fingerprint density at radius 3 is 1.85 bits per heavy atom. The highest BCUT2D eigenvalue weighted by molar-refractivity contribution is 6.31. The summed E-state index contributed by atoms with van der Waals surface area (Å²) in [5, 5.41) is 3.17. The summed E-state index contributed by atoms with van der Waals surface area (Å²) in [5.41, 5.74) is 5.61. The van der Waals surface area contributed by atoms with Gasteiger partial charge in [0.1, 0.15) is 6.04 Å². The van der Waals surface area contributed by atoms with Crippen LogP contribution in [0.1, 0.15) is 59.9 Å². The summed E-state index contributed by atoms with van der Waals surface area (Å²) in [4.78, 5) is 55.5. The average Bonchev–Trinajstić information content (AvgIpc) is 3.22. The third kappa shape index (κ3) is 4.52. The molecular weight excluding hydrogens is 540 g/mol. The van der Waals surface area contributed by atoms with Gasteiger partial charge in [0.2, 0.25) is 11.8 Å². The van der Waals surface area contributed by atoms with Crippen LogP contribution < -0.4 is 5.32 Å². The molecule has 3 aromatic carbocycles. The number of nitrogens with zero attached hydrogens (tertiary/aromatic N) is 1. The topological polar surface area (TPSA) is 92.8 Å². The van der Waals surface area contributed by atoms with Gasteiger partial charge in [0, 0.05) is 22.5 Å². The summed E-state index contributed by atoms with van der Waals surface area (Å²) >= 11 is 6.14. The van der Waals surface area contributed by atoms with Gasteiger partial charge in [0.05, 0.1) is 11.8 Å². The summed E-state index contributed by atoms with van der Waals surface area (Å²) < 4.78 is 5.42. The van der Waals surface area contributed by atoms with Gasteiger partial charge in [-0.25, -0.2) is 4.79 Å². The molecule has 7 nitrogen and oxygen atoms in total. The van der Waals surface area contributed by atoms with E-state index in [0.29, 0.717) is 10.7 Å². The zero-order valence-corrected chi connectivity index (χ0v) is 23.9. The number of likely N-dealkylation sites (tertiary alicyclic amines) is 1. The number of carbonyl (C=O) groups is 4. The minimum absolute atomic E-state index is 0.00887. The molecule has 1 N–H and O–H groups in total. The first-order valence-corrected chi connectivity index (χ1v) is 14.3. The number of nitrogens with one attached hydrogen (secondary N) is 1. The maximum atomic E-state index is 14.1. The van der Waals surface area contributed by atoms with Crippen molar-refractivity contribution in [2.24, 2.45) is 17.8 Å². The fourth-order valence-corrected chi connectivity index (χ4v) is 7.04. The average molecular weight is 571 g/mol. The monoisotopic (exact) mass is 570 g/mol. The lowest BCUT2D eigenvalue weighted by atomic mass is 9.55. The molecule has 1 fully saturated rings. The van der Waals surface area contributed by atoms with Gasteiger partial charge in [-0.3, -0.25) is 19.3 Å². The van der Waals surface area contributed by atoms with Gasteiger partial charge in [0.15, 0.2) is 6.61 Å². The standard InChI is InChI=1S/C33H31ClN2O5/c1-17(2)14-25(33(40)41-16-26(37)35-19-13-12-18(3)24(34)15-19)36-31(38)29-27-20-8-4-5-9-21(20)28(30(29)32(36)39)23-11-7-6-10-22(23)27/h4-13,15,17,25,27-30H,14,16H2,1-3H3,(H,35,37)/t25-,27?,28?,29-,30+/m1/s1. The number of benzene rings is 3. The second-order valence-corrected chi connectivity index (χ2v) is 12.0. The predicted molar refractivity (Wildman–Crippen MR) is 154 cm³/mol. The third-order valence-electron chi connectivity index (χ3n) is 8.56. The molecule has 8 heteroatoms. The number of hydrogen-bond donors (Lipinski definition) is 1. The van der Waals surface area contributed by atoms with E-state index in [9.17, 15) is 19.2 Å². The van der Waals surface area contributed by atoms with Crippen LogP contribution in [0.25, 0.3) is 0 Å². The third-order valence-corrected chi connectivity index (χ3v) is 8.97. The lowest BCUT2D eigenvalue weighted by Crippen LogP contribution is -2.47. The maximum Gasteiger partial charge on any atom is 0.329 e. The molecule has 0 spiro atoms. The van der Waals surface area contributed by atoms with Gasteiger partial charge >= 0.3 is 5.97 Å². The van der Waals surface area contributed by atoms with Crippen molar-refractivity contribution in [3.8, 4) is 0 Å². The summed E-state index contributed by atoms with van der Waals surface area (Å²) in [6.07, 6.45) is 0.236. The molecule has 3 aliphatic carbocycles. The van der Waals surface area contributed by atoms with E-state index in [0.717, 1.165) is 32.7 Å². The first-order valence-electron chi connectivity index (χ1n) is 13.9. The smallest absolute Gasteiger partial charge is 0.329 e. The molecule has 1 heterocycles. The quantitative estimate of drug-likeness (QED) is 0.302. The van der Waals surface area contributed by atoms with Crippen LogP contribution in [0.2, 0.25) is 5.02 Å². The molecule has 0 unspecified atom stereocenters. The zero-order valence-electron chi connectivity index (χ0n) is 23.1. The number of rotatable bonds is 7.